The first-order valence-corrected chi connectivity index (χ1v) is 7.10. The molecule has 0 aromatic heterocycles. The molecule has 0 aromatic rings. The molecular weight excluding hydrogens is 222 g/mol. The molecule has 0 aromatic carbocycles. The summed E-state index contributed by atoms with van der Waals surface area (Å²) in [7, 11) is 1.45. The lowest BCUT2D eigenvalue weighted by Crippen LogP contribution is -2.36. The van der Waals surface area contributed by atoms with E-state index in [9.17, 15) is 4.79 Å². The number of nitrogens with zero attached hydrogens (tertiary/aromatic N) is 1. The predicted molar refractivity (Wildman–Crippen MR) is 68.8 cm³/mol. The zero-order chi connectivity index (χ0) is 12.0. The fourth-order valence-corrected chi connectivity index (χ4v) is 3.03. The summed E-state index contributed by atoms with van der Waals surface area (Å²) in [5, 5.41) is -0.0350. The average molecular weight is 245 g/mol. The van der Waals surface area contributed by atoms with Crippen LogP contribution in [0.4, 0.5) is 0 Å². The molecule has 1 heterocycles. The smallest absolute Gasteiger partial charge is 0.318 e. The lowest BCUT2D eigenvalue weighted by molar-refractivity contribution is -0.139. The monoisotopic (exact) mass is 245 g/mol. The number of likely N-dealkylation sites (tertiary alicyclic amines) is 1. The van der Waals surface area contributed by atoms with Gasteiger partial charge >= 0.3 is 5.97 Å². The molecule has 0 bridgehead atoms. The molecule has 1 fully saturated rings. The van der Waals surface area contributed by atoms with Crippen LogP contribution in [0, 0.1) is 5.92 Å². The molecule has 1 aliphatic rings. The Morgan fingerprint density at radius 1 is 1.62 bits per heavy atom. The first-order chi connectivity index (χ1) is 7.63. The quantitative estimate of drug-likeness (QED) is 0.693. The molecule has 1 aliphatic heterocycles. The van der Waals surface area contributed by atoms with Gasteiger partial charge in [0.25, 0.3) is 0 Å². The third kappa shape index (κ3) is 4.74. The number of ether oxygens (including phenoxy) is 1. The first kappa shape index (κ1) is 13.8. The van der Waals surface area contributed by atoms with Gasteiger partial charge in [-0.05, 0) is 32.2 Å². The van der Waals surface area contributed by atoms with Crippen molar-refractivity contribution in [2.45, 2.75) is 31.9 Å². The number of hydrogen-bond donors (Lipinski definition) is 0. The minimum Gasteiger partial charge on any atom is -0.468 e. The topological polar surface area (TPSA) is 29.5 Å². The summed E-state index contributed by atoms with van der Waals surface area (Å²) in [5.74, 6) is 1.73. The Labute approximate surface area is 103 Å². The van der Waals surface area contributed by atoms with Crippen LogP contribution in [0.15, 0.2) is 0 Å². The van der Waals surface area contributed by atoms with Gasteiger partial charge in [0, 0.05) is 18.8 Å². The number of piperidine rings is 1. The third-order valence-corrected chi connectivity index (χ3v) is 4.16. The van der Waals surface area contributed by atoms with Crippen LogP contribution in [0.2, 0.25) is 0 Å². The summed E-state index contributed by atoms with van der Waals surface area (Å²) < 4.78 is 4.70. The van der Waals surface area contributed by atoms with E-state index in [4.69, 9.17) is 4.74 Å². The van der Waals surface area contributed by atoms with Gasteiger partial charge < -0.3 is 9.64 Å². The summed E-state index contributed by atoms with van der Waals surface area (Å²) in [6.07, 6.45) is 2.68. The van der Waals surface area contributed by atoms with Crippen molar-refractivity contribution in [2.75, 3.05) is 32.5 Å². The average Bonchev–Trinajstić information content (AvgIpc) is 2.28. The lowest BCUT2D eigenvalue weighted by Gasteiger charge is -2.30. The Hall–Kier alpha value is -0.220. The second-order valence-corrected chi connectivity index (χ2v) is 6.03. The Bertz CT molecular complexity index is 223. The highest BCUT2D eigenvalue weighted by molar-refractivity contribution is 8.00. The maximum absolute atomic E-state index is 11.2. The molecule has 0 spiro atoms. The summed E-state index contributed by atoms with van der Waals surface area (Å²) in [5.41, 5.74) is 0. The van der Waals surface area contributed by atoms with Crippen molar-refractivity contribution in [2.24, 2.45) is 5.92 Å². The predicted octanol–water partition coefficient (Wildman–Crippen LogP) is 2.01. The molecule has 0 N–H and O–H groups in total. The third-order valence-electron chi connectivity index (χ3n) is 3.05. The second kappa shape index (κ2) is 7.17. The molecule has 3 nitrogen and oxygen atoms in total. The van der Waals surface area contributed by atoms with Crippen molar-refractivity contribution in [3.05, 3.63) is 0 Å². The Kier molecular flexibility index (Phi) is 6.21. The number of methoxy groups -OCH3 is 1. The van der Waals surface area contributed by atoms with Gasteiger partial charge in [-0.15, -0.1) is 11.8 Å². The fraction of sp³-hybridized carbons (Fsp3) is 0.917. The van der Waals surface area contributed by atoms with Gasteiger partial charge in [-0.2, -0.15) is 0 Å². The molecule has 0 aliphatic carbocycles. The van der Waals surface area contributed by atoms with E-state index in [2.05, 4.69) is 11.8 Å². The number of rotatable bonds is 5. The molecule has 94 valence electrons. The van der Waals surface area contributed by atoms with E-state index in [1.54, 1.807) is 11.8 Å². The number of esters is 1. The Morgan fingerprint density at radius 3 is 3.00 bits per heavy atom. The van der Waals surface area contributed by atoms with Crippen LogP contribution in [0.5, 0.6) is 0 Å². The van der Waals surface area contributed by atoms with Crippen LogP contribution in [0.1, 0.15) is 26.7 Å². The molecule has 0 saturated carbocycles. The van der Waals surface area contributed by atoms with E-state index < -0.39 is 0 Å². The van der Waals surface area contributed by atoms with Crippen LogP contribution >= 0.6 is 11.8 Å². The highest BCUT2D eigenvalue weighted by atomic mass is 32.2. The molecule has 1 saturated heterocycles. The Morgan fingerprint density at radius 2 is 2.38 bits per heavy atom. The van der Waals surface area contributed by atoms with Crippen molar-refractivity contribution in [3.8, 4) is 0 Å². The SMILES string of the molecule is COC(=O)[C@@H](C)SCCN1CCC[C@H](C)C1. The number of thioether (sulfide) groups is 1. The first-order valence-electron chi connectivity index (χ1n) is 6.05. The van der Waals surface area contributed by atoms with Crippen molar-refractivity contribution in [3.63, 3.8) is 0 Å². The molecule has 4 heteroatoms. The highest BCUT2D eigenvalue weighted by Crippen LogP contribution is 2.17. The summed E-state index contributed by atoms with van der Waals surface area (Å²) >= 11 is 1.69. The van der Waals surface area contributed by atoms with Gasteiger partial charge in [-0.1, -0.05) is 6.92 Å². The van der Waals surface area contributed by atoms with Crippen LogP contribution in [0.3, 0.4) is 0 Å². The van der Waals surface area contributed by atoms with Gasteiger partial charge in [-0.3, -0.25) is 4.79 Å². The van der Waals surface area contributed by atoms with E-state index >= 15 is 0 Å². The summed E-state index contributed by atoms with van der Waals surface area (Å²) in [6, 6.07) is 0. The van der Waals surface area contributed by atoms with E-state index in [-0.39, 0.29) is 11.2 Å². The van der Waals surface area contributed by atoms with E-state index in [0.717, 1.165) is 18.2 Å². The molecule has 0 amide bonds. The largest absolute Gasteiger partial charge is 0.468 e. The standard InChI is InChI=1S/C12H23NO2S/c1-10-5-4-6-13(9-10)7-8-16-11(2)12(14)15-3/h10-11H,4-9H2,1-3H3/t10-,11+/m0/s1. The summed E-state index contributed by atoms with van der Waals surface area (Å²) in [4.78, 5) is 13.7. The zero-order valence-corrected chi connectivity index (χ0v) is 11.4. The molecule has 16 heavy (non-hydrogen) atoms. The highest BCUT2D eigenvalue weighted by Gasteiger charge is 2.17. The molecular formula is C12H23NO2S. The normalized spacial score (nSPS) is 24.1. The van der Waals surface area contributed by atoms with Gasteiger partial charge in [-0.25, -0.2) is 0 Å². The molecule has 0 radical (unpaired) electrons. The molecule has 2 atom stereocenters. The van der Waals surface area contributed by atoms with Crippen molar-refractivity contribution in [1.82, 2.24) is 4.90 Å². The lowest BCUT2D eigenvalue weighted by atomic mass is 10.0. The van der Waals surface area contributed by atoms with Crippen molar-refractivity contribution >= 4 is 17.7 Å². The van der Waals surface area contributed by atoms with E-state index in [1.165, 1.54) is 33.0 Å². The van der Waals surface area contributed by atoms with E-state index in [1.807, 2.05) is 6.92 Å². The number of carbonyl (C=O) groups excluding carboxylic acids is 1. The van der Waals surface area contributed by atoms with Crippen LogP contribution in [-0.2, 0) is 9.53 Å². The minimum absolute atomic E-state index is 0.0350. The number of carbonyl (C=O) groups is 1. The maximum atomic E-state index is 11.2. The van der Waals surface area contributed by atoms with E-state index in [0.29, 0.717) is 0 Å². The minimum atomic E-state index is -0.114. The van der Waals surface area contributed by atoms with Gasteiger partial charge in [0.05, 0.1) is 12.4 Å². The summed E-state index contributed by atoms with van der Waals surface area (Å²) in [6.45, 7) is 7.76. The van der Waals surface area contributed by atoms with Gasteiger partial charge in [0.15, 0.2) is 0 Å². The fourth-order valence-electron chi connectivity index (χ4n) is 2.08. The Balaban J connectivity index is 2.12. The van der Waals surface area contributed by atoms with Gasteiger partial charge in [0.1, 0.15) is 0 Å². The van der Waals surface area contributed by atoms with Gasteiger partial charge in [0.2, 0.25) is 0 Å². The van der Waals surface area contributed by atoms with Crippen molar-refractivity contribution < 1.29 is 9.53 Å². The van der Waals surface area contributed by atoms with Crippen LogP contribution in [0.25, 0.3) is 0 Å². The molecule has 0 unspecified atom stereocenters. The zero-order valence-electron chi connectivity index (χ0n) is 10.6. The van der Waals surface area contributed by atoms with Crippen LogP contribution < -0.4 is 0 Å². The van der Waals surface area contributed by atoms with Crippen molar-refractivity contribution in [1.29, 1.82) is 0 Å². The van der Waals surface area contributed by atoms with Crippen LogP contribution in [-0.4, -0.2) is 48.6 Å². The molecule has 1 rings (SSSR count). The second-order valence-electron chi connectivity index (χ2n) is 4.58. The maximum Gasteiger partial charge on any atom is 0.318 e. The number of hydrogen-bond acceptors (Lipinski definition) is 4.